The highest BCUT2D eigenvalue weighted by Crippen LogP contribution is 2.60. The summed E-state index contributed by atoms with van der Waals surface area (Å²) >= 11 is 0. The van der Waals surface area contributed by atoms with E-state index in [1.54, 1.807) is 19.1 Å². The summed E-state index contributed by atoms with van der Waals surface area (Å²) in [5.74, 6) is 0. The number of nitrogens with two attached hydrogens (primary N) is 1. The second-order valence-corrected chi connectivity index (χ2v) is 5.29. The first-order chi connectivity index (χ1) is 7.28. The van der Waals surface area contributed by atoms with Gasteiger partial charge in [0.05, 0.1) is 4.92 Å². The molecule has 86 valence electrons. The maximum atomic E-state index is 10.7. The van der Waals surface area contributed by atoms with Crippen molar-refractivity contribution < 1.29 is 4.92 Å². The van der Waals surface area contributed by atoms with Gasteiger partial charge in [0.1, 0.15) is 0 Å². The molecular weight excluding hydrogens is 204 g/mol. The second kappa shape index (κ2) is 3.04. The Morgan fingerprint density at radius 2 is 2.00 bits per heavy atom. The van der Waals surface area contributed by atoms with E-state index in [1.807, 2.05) is 6.07 Å². The van der Waals surface area contributed by atoms with Crippen LogP contribution in [-0.2, 0) is 5.54 Å². The van der Waals surface area contributed by atoms with Gasteiger partial charge in [0.2, 0.25) is 0 Å². The summed E-state index contributed by atoms with van der Waals surface area (Å²) in [6, 6.07) is 5.17. The Labute approximate surface area is 94.6 Å². The van der Waals surface area contributed by atoms with Crippen molar-refractivity contribution in [3.8, 4) is 0 Å². The number of nitro groups is 1. The van der Waals surface area contributed by atoms with E-state index in [2.05, 4.69) is 13.8 Å². The molecule has 0 saturated heterocycles. The first kappa shape index (κ1) is 11.1. The second-order valence-electron chi connectivity index (χ2n) is 5.29. The van der Waals surface area contributed by atoms with Gasteiger partial charge in [-0.05, 0) is 30.4 Å². The highest BCUT2D eigenvalue weighted by atomic mass is 16.6. The highest BCUT2D eigenvalue weighted by Gasteiger charge is 2.59. The van der Waals surface area contributed by atoms with Crippen molar-refractivity contribution in [2.24, 2.45) is 11.1 Å². The van der Waals surface area contributed by atoms with Crippen molar-refractivity contribution in [2.45, 2.75) is 32.7 Å². The quantitative estimate of drug-likeness (QED) is 0.615. The van der Waals surface area contributed by atoms with E-state index < -0.39 is 0 Å². The summed E-state index contributed by atoms with van der Waals surface area (Å²) in [6.07, 6.45) is 0.928. The number of aryl methyl sites for hydroxylation is 1. The van der Waals surface area contributed by atoms with Gasteiger partial charge in [-0.1, -0.05) is 19.9 Å². The minimum Gasteiger partial charge on any atom is -0.321 e. The predicted molar refractivity (Wildman–Crippen MR) is 62.1 cm³/mol. The smallest absolute Gasteiger partial charge is 0.272 e. The van der Waals surface area contributed by atoms with Gasteiger partial charge in [-0.2, -0.15) is 0 Å². The maximum Gasteiger partial charge on any atom is 0.272 e. The molecule has 1 fully saturated rings. The molecule has 1 aliphatic rings. The fourth-order valence-corrected chi connectivity index (χ4v) is 2.28. The van der Waals surface area contributed by atoms with Crippen LogP contribution in [0.15, 0.2) is 18.2 Å². The minimum absolute atomic E-state index is 0.0928. The van der Waals surface area contributed by atoms with Gasteiger partial charge < -0.3 is 5.73 Å². The van der Waals surface area contributed by atoms with Crippen molar-refractivity contribution in [3.05, 3.63) is 39.4 Å². The van der Waals surface area contributed by atoms with E-state index in [4.69, 9.17) is 5.73 Å². The van der Waals surface area contributed by atoms with Crippen LogP contribution in [-0.4, -0.2) is 4.92 Å². The summed E-state index contributed by atoms with van der Waals surface area (Å²) in [6.45, 7) is 5.98. The first-order valence-corrected chi connectivity index (χ1v) is 5.32. The van der Waals surface area contributed by atoms with E-state index in [0.717, 1.165) is 12.0 Å². The molecular formula is C12H16N2O2. The minimum atomic E-state index is -0.361. The molecule has 1 unspecified atom stereocenters. The number of rotatable bonds is 2. The van der Waals surface area contributed by atoms with Crippen LogP contribution in [0, 0.1) is 22.5 Å². The zero-order valence-corrected chi connectivity index (χ0v) is 9.78. The Bertz CT molecular complexity index is 468. The molecule has 0 radical (unpaired) electrons. The number of hydrogen-bond donors (Lipinski definition) is 1. The third-order valence-corrected chi connectivity index (χ3v) is 3.71. The van der Waals surface area contributed by atoms with Crippen LogP contribution in [0.3, 0.4) is 0 Å². The summed E-state index contributed by atoms with van der Waals surface area (Å²) in [5.41, 5.74) is 7.89. The topological polar surface area (TPSA) is 69.2 Å². The van der Waals surface area contributed by atoms with Crippen molar-refractivity contribution in [3.63, 3.8) is 0 Å². The van der Waals surface area contributed by atoms with E-state index in [0.29, 0.717) is 5.56 Å². The van der Waals surface area contributed by atoms with Crippen LogP contribution in [0.5, 0.6) is 0 Å². The molecule has 16 heavy (non-hydrogen) atoms. The molecule has 0 aromatic heterocycles. The summed E-state index contributed by atoms with van der Waals surface area (Å²) < 4.78 is 0. The standard InChI is InChI=1S/C12H16N2O2/c1-8-6-9(4-5-10(8)14(15)16)12(13)7-11(12,2)3/h4-6H,7,13H2,1-3H3. The molecule has 0 spiro atoms. The molecule has 1 aromatic carbocycles. The van der Waals surface area contributed by atoms with E-state index in [9.17, 15) is 10.1 Å². The maximum absolute atomic E-state index is 10.7. The van der Waals surface area contributed by atoms with Crippen molar-refractivity contribution in [1.82, 2.24) is 0 Å². The first-order valence-electron chi connectivity index (χ1n) is 5.32. The number of hydrogen-bond acceptors (Lipinski definition) is 3. The molecule has 0 amide bonds. The Morgan fingerprint density at radius 1 is 1.44 bits per heavy atom. The molecule has 0 heterocycles. The van der Waals surface area contributed by atoms with Crippen molar-refractivity contribution in [1.29, 1.82) is 0 Å². The molecule has 0 bridgehead atoms. The lowest BCUT2D eigenvalue weighted by Gasteiger charge is -2.15. The molecule has 1 saturated carbocycles. The third-order valence-electron chi connectivity index (χ3n) is 3.71. The Balaban J connectivity index is 2.41. The fraction of sp³-hybridized carbons (Fsp3) is 0.500. The fourth-order valence-electron chi connectivity index (χ4n) is 2.28. The Hall–Kier alpha value is -1.42. The van der Waals surface area contributed by atoms with Gasteiger partial charge in [0.25, 0.3) is 5.69 Å². The van der Waals surface area contributed by atoms with Crippen LogP contribution in [0.2, 0.25) is 0 Å². The van der Waals surface area contributed by atoms with Gasteiger partial charge >= 0.3 is 0 Å². The lowest BCUT2D eigenvalue weighted by atomic mass is 9.95. The zero-order chi connectivity index (χ0) is 12.1. The third kappa shape index (κ3) is 1.41. The van der Waals surface area contributed by atoms with E-state index >= 15 is 0 Å². The normalized spacial score (nSPS) is 26.5. The number of nitrogens with zero attached hydrogens (tertiary/aromatic N) is 1. The molecule has 4 nitrogen and oxygen atoms in total. The van der Waals surface area contributed by atoms with Crippen LogP contribution in [0.25, 0.3) is 0 Å². The highest BCUT2D eigenvalue weighted by molar-refractivity contribution is 5.46. The molecule has 1 atom stereocenters. The molecule has 4 heteroatoms. The molecule has 2 rings (SSSR count). The Morgan fingerprint density at radius 3 is 2.38 bits per heavy atom. The summed E-state index contributed by atoms with van der Waals surface area (Å²) in [7, 11) is 0. The largest absolute Gasteiger partial charge is 0.321 e. The number of nitro benzene ring substituents is 1. The average molecular weight is 220 g/mol. The average Bonchev–Trinajstić information content (AvgIpc) is 2.66. The lowest BCUT2D eigenvalue weighted by Crippen LogP contribution is -2.25. The van der Waals surface area contributed by atoms with Gasteiger partial charge in [0, 0.05) is 17.2 Å². The molecule has 2 N–H and O–H groups in total. The van der Waals surface area contributed by atoms with Crippen LogP contribution < -0.4 is 5.73 Å². The van der Waals surface area contributed by atoms with E-state index in [-0.39, 0.29) is 21.6 Å². The van der Waals surface area contributed by atoms with Crippen LogP contribution in [0.1, 0.15) is 31.4 Å². The Kier molecular flexibility index (Phi) is 2.11. The lowest BCUT2D eigenvalue weighted by molar-refractivity contribution is -0.385. The number of benzene rings is 1. The summed E-state index contributed by atoms with van der Waals surface area (Å²) in [5, 5.41) is 10.7. The van der Waals surface area contributed by atoms with Gasteiger partial charge in [-0.25, -0.2) is 0 Å². The van der Waals surface area contributed by atoms with E-state index in [1.165, 1.54) is 0 Å². The predicted octanol–water partition coefficient (Wildman–Crippen LogP) is 2.49. The summed E-state index contributed by atoms with van der Waals surface area (Å²) in [4.78, 5) is 10.3. The molecule has 1 aromatic rings. The van der Waals surface area contributed by atoms with Gasteiger partial charge in [0.15, 0.2) is 0 Å². The van der Waals surface area contributed by atoms with Gasteiger partial charge in [-0.3, -0.25) is 10.1 Å². The van der Waals surface area contributed by atoms with Crippen molar-refractivity contribution >= 4 is 5.69 Å². The van der Waals surface area contributed by atoms with Crippen molar-refractivity contribution in [2.75, 3.05) is 0 Å². The van der Waals surface area contributed by atoms with Gasteiger partial charge in [-0.15, -0.1) is 0 Å². The molecule has 0 aliphatic heterocycles. The van der Waals surface area contributed by atoms with Crippen LogP contribution >= 0.6 is 0 Å². The zero-order valence-electron chi connectivity index (χ0n) is 9.78. The SMILES string of the molecule is Cc1cc(C2(N)CC2(C)C)ccc1[N+](=O)[O-]. The molecule has 1 aliphatic carbocycles. The monoisotopic (exact) mass is 220 g/mol. The van der Waals surface area contributed by atoms with Crippen LogP contribution in [0.4, 0.5) is 5.69 Å².